The molecule has 0 aliphatic carbocycles. The Morgan fingerprint density at radius 1 is 0.806 bits per heavy atom. The molecule has 1 aliphatic heterocycles. The van der Waals surface area contributed by atoms with Crippen molar-refractivity contribution in [2.45, 2.75) is 38.9 Å². The number of hydrogen-bond donors (Lipinski definition) is 0. The van der Waals surface area contributed by atoms with Gasteiger partial charge in [-0.3, -0.25) is 0 Å². The standard InChI is InChI=1S/C25H22BNO3S/c1-24(2)25(3,4)30-26(29-24)16-10-11-20-17(12-16)18-13-19-22(14-21(18)28-20)31-23(27-19)15-8-6-5-7-9-15/h5-14H,1-4H3. The number of thiazole rings is 1. The van der Waals surface area contributed by atoms with Crippen LogP contribution in [0.1, 0.15) is 27.7 Å². The second-order valence-electron chi connectivity index (χ2n) is 9.15. The first kappa shape index (κ1) is 19.1. The lowest BCUT2D eigenvalue weighted by atomic mass is 9.78. The van der Waals surface area contributed by atoms with Crippen LogP contribution in [0.4, 0.5) is 0 Å². The van der Waals surface area contributed by atoms with E-state index in [9.17, 15) is 0 Å². The molecule has 1 aliphatic rings. The monoisotopic (exact) mass is 427 g/mol. The topological polar surface area (TPSA) is 44.5 Å². The summed E-state index contributed by atoms with van der Waals surface area (Å²) in [5, 5.41) is 3.13. The van der Waals surface area contributed by atoms with E-state index >= 15 is 0 Å². The van der Waals surface area contributed by atoms with Crippen molar-refractivity contribution in [2.24, 2.45) is 0 Å². The molecule has 6 rings (SSSR count). The molecule has 0 amide bonds. The van der Waals surface area contributed by atoms with Gasteiger partial charge in [0.05, 0.1) is 21.4 Å². The fraction of sp³-hybridized carbons (Fsp3) is 0.240. The number of aromatic nitrogens is 1. The Morgan fingerprint density at radius 3 is 2.26 bits per heavy atom. The van der Waals surface area contributed by atoms with Crippen LogP contribution in [0.2, 0.25) is 0 Å². The van der Waals surface area contributed by atoms with Gasteiger partial charge in [-0.05, 0) is 45.3 Å². The van der Waals surface area contributed by atoms with Gasteiger partial charge in [0, 0.05) is 22.4 Å². The predicted molar refractivity (Wildman–Crippen MR) is 128 cm³/mol. The molecule has 0 saturated carbocycles. The molecule has 154 valence electrons. The Balaban J connectivity index is 1.47. The maximum Gasteiger partial charge on any atom is 0.494 e. The lowest BCUT2D eigenvalue weighted by molar-refractivity contribution is 0.00578. The van der Waals surface area contributed by atoms with E-state index in [4.69, 9.17) is 18.7 Å². The first-order valence-corrected chi connectivity index (χ1v) is 11.3. The van der Waals surface area contributed by atoms with Crippen LogP contribution in [0.5, 0.6) is 0 Å². The molecule has 31 heavy (non-hydrogen) atoms. The highest BCUT2D eigenvalue weighted by Gasteiger charge is 2.51. The molecular weight excluding hydrogens is 405 g/mol. The summed E-state index contributed by atoms with van der Waals surface area (Å²) < 4.78 is 19.8. The summed E-state index contributed by atoms with van der Waals surface area (Å²) in [5.74, 6) is 0. The van der Waals surface area contributed by atoms with E-state index in [-0.39, 0.29) is 11.2 Å². The number of rotatable bonds is 2. The summed E-state index contributed by atoms with van der Waals surface area (Å²) in [6, 6.07) is 20.7. The summed E-state index contributed by atoms with van der Waals surface area (Å²) in [4.78, 5) is 4.88. The van der Waals surface area contributed by atoms with Crippen molar-refractivity contribution in [3.8, 4) is 10.6 Å². The van der Waals surface area contributed by atoms with Crippen molar-refractivity contribution in [3.05, 3.63) is 60.7 Å². The smallest absolute Gasteiger partial charge is 0.456 e. The summed E-state index contributed by atoms with van der Waals surface area (Å²) >= 11 is 1.69. The van der Waals surface area contributed by atoms with Gasteiger partial charge in [0.1, 0.15) is 16.2 Å². The third-order valence-corrected chi connectivity index (χ3v) is 7.62. The summed E-state index contributed by atoms with van der Waals surface area (Å²) in [7, 11) is -0.396. The maximum atomic E-state index is 6.25. The molecule has 3 aromatic carbocycles. The number of hydrogen-bond acceptors (Lipinski definition) is 5. The first-order valence-electron chi connectivity index (χ1n) is 10.5. The van der Waals surface area contributed by atoms with Gasteiger partial charge in [0.15, 0.2) is 0 Å². The van der Waals surface area contributed by atoms with Crippen molar-refractivity contribution in [2.75, 3.05) is 0 Å². The van der Waals surface area contributed by atoms with E-state index in [2.05, 4.69) is 58.0 Å². The van der Waals surface area contributed by atoms with Gasteiger partial charge in [-0.25, -0.2) is 4.98 Å². The fourth-order valence-corrected chi connectivity index (χ4v) is 5.03. The van der Waals surface area contributed by atoms with Crippen LogP contribution in [0.15, 0.2) is 65.1 Å². The molecule has 0 unspecified atom stereocenters. The zero-order valence-electron chi connectivity index (χ0n) is 17.9. The molecule has 0 bridgehead atoms. The molecule has 6 heteroatoms. The number of fused-ring (bicyclic) bond motifs is 4. The van der Waals surface area contributed by atoms with Gasteiger partial charge in [-0.2, -0.15) is 0 Å². The number of nitrogens with zero attached hydrogens (tertiary/aromatic N) is 1. The zero-order valence-corrected chi connectivity index (χ0v) is 18.7. The Labute approximate surface area is 184 Å². The fourth-order valence-electron chi connectivity index (χ4n) is 4.05. The van der Waals surface area contributed by atoms with Gasteiger partial charge in [-0.15, -0.1) is 11.3 Å². The molecule has 2 aromatic heterocycles. The molecule has 1 fully saturated rings. The van der Waals surface area contributed by atoms with Crippen LogP contribution in [0.25, 0.3) is 42.7 Å². The van der Waals surface area contributed by atoms with E-state index in [1.807, 2.05) is 30.3 Å². The number of benzene rings is 3. The third kappa shape index (κ3) is 2.93. The van der Waals surface area contributed by atoms with Crippen LogP contribution in [-0.4, -0.2) is 23.3 Å². The summed E-state index contributed by atoms with van der Waals surface area (Å²) in [6.45, 7) is 8.29. The molecule has 4 nitrogen and oxygen atoms in total. The molecule has 5 aromatic rings. The van der Waals surface area contributed by atoms with Crippen LogP contribution in [-0.2, 0) is 9.31 Å². The Bertz CT molecular complexity index is 1440. The van der Waals surface area contributed by atoms with Gasteiger partial charge >= 0.3 is 7.12 Å². The molecule has 1 saturated heterocycles. The summed E-state index contributed by atoms with van der Waals surface area (Å²) in [5.41, 5.74) is 4.11. The van der Waals surface area contributed by atoms with Crippen LogP contribution in [0.3, 0.4) is 0 Å². The minimum atomic E-state index is -0.396. The van der Waals surface area contributed by atoms with E-state index < -0.39 is 7.12 Å². The van der Waals surface area contributed by atoms with Crippen molar-refractivity contribution in [1.82, 2.24) is 4.98 Å². The molecule has 3 heterocycles. The van der Waals surface area contributed by atoms with Crippen molar-refractivity contribution in [1.29, 1.82) is 0 Å². The quantitative estimate of drug-likeness (QED) is 0.317. The molecule has 0 radical (unpaired) electrons. The van der Waals surface area contributed by atoms with Crippen LogP contribution >= 0.6 is 11.3 Å². The Hall–Kier alpha value is -2.67. The Morgan fingerprint density at radius 2 is 1.52 bits per heavy atom. The summed E-state index contributed by atoms with van der Waals surface area (Å²) in [6.07, 6.45) is 0. The largest absolute Gasteiger partial charge is 0.494 e. The normalized spacial score (nSPS) is 17.9. The number of furan rings is 1. The van der Waals surface area contributed by atoms with E-state index in [0.29, 0.717) is 0 Å². The molecule has 0 N–H and O–H groups in total. The van der Waals surface area contributed by atoms with E-state index in [1.165, 1.54) is 0 Å². The first-order chi connectivity index (χ1) is 14.8. The average molecular weight is 427 g/mol. The third-order valence-electron chi connectivity index (χ3n) is 6.55. The van der Waals surface area contributed by atoms with Gasteiger partial charge in [-0.1, -0.05) is 42.5 Å². The highest BCUT2D eigenvalue weighted by Crippen LogP contribution is 2.38. The maximum absolute atomic E-state index is 6.25. The van der Waals surface area contributed by atoms with Gasteiger partial charge < -0.3 is 13.7 Å². The van der Waals surface area contributed by atoms with Crippen molar-refractivity contribution in [3.63, 3.8) is 0 Å². The van der Waals surface area contributed by atoms with Gasteiger partial charge in [0.2, 0.25) is 0 Å². The van der Waals surface area contributed by atoms with Crippen LogP contribution < -0.4 is 5.46 Å². The van der Waals surface area contributed by atoms with Crippen molar-refractivity contribution >= 4 is 56.1 Å². The molecule has 0 spiro atoms. The average Bonchev–Trinajstić information content (AvgIpc) is 3.37. The second kappa shape index (κ2) is 6.42. The molecule has 0 atom stereocenters. The molecular formula is C25H22BNO3S. The highest BCUT2D eigenvalue weighted by molar-refractivity contribution is 7.21. The van der Waals surface area contributed by atoms with E-state index in [0.717, 1.165) is 48.2 Å². The lowest BCUT2D eigenvalue weighted by Gasteiger charge is -2.32. The highest BCUT2D eigenvalue weighted by atomic mass is 32.1. The Kier molecular flexibility index (Phi) is 3.95. The lowest BCUT2D eigenvalue weighted by Crippen LogP contribution is -2.41. The zero-order chi connectivity index (χ0) is 21.4. The van der Waals surface area contributed by atoms with Gasteiger partial charge in [0.25, 0.3) is 0 Å². The van der Waals surface area contributed by atoms with E-state index in [1.54, 1.807) is 11.3 Å². The minimum Gasteiger partial charge on any atom is -0.456 e. The second-order valence-corrected chi connectivity index (χ2v) is 10.2. The predicted octanol–water partition coefficient (Wildman–Crippen LogP) is 6.16. The van der Waals surface area contributed by atoms with Crippen LogP contribution in [0, 0.1) is 0 Å². The minimum absolute atomic E-state index is 0.369. The van der Waals surface area contributed by atoms with Crippen molar-refractivity contribution < 1.29 is 13.7 Å². The SMILES string of the molecule is CC1(C)OB(c2ccc3oc4cc5sc(-c6ccccc6)nc5cc4c3c2)OC1(C)C.